The van der Waals surface area contributed by atoms with E-state index in [0.717, 1.165) is 13.0 Å². The van der Waals surface area contributed by atoms with Gasteiger partial charge in [0.15, 0.2) is 0 Å². The molecule has 2 aromatic rings. The number of hydrogen-bond donors (Lipinski definition) is 1. The van der Waals surface area contributed by atoms with Crippen LogP contribution in [0.3, 0.4) is 0 Å². The van der Waals surface area contributed by atoms with Crippen LogP contribution in [0.4, 0.5) is 0 Å². The first-order valence-corrected chi connectivity index (χ1v) is 7.89. The second kappa shape index (κ2) is 6.45. The molecular weight excluding hydrogens is 308 g/mol. The summed E-state index contributed by atoms with van der Waals surface area (Å²) < 4.78 is 1.18. The molecule has 0 radical (unpaired) electrons. The van der Waals surface area contributed by atoms with E-state index in [4.69, 9.17) is 0 Å². The van der Waals surface area contributed by atoms with Crippen LogP contribution in [0, 0.1) is 0 Å². The molecule has 1 atom stereocenters. The van der Waals surface area contributed by atoms with Gasteiger partial charge in [0.25, 0.3) is 0 Å². The van der Waals surface area contributed by atoms with E-state index in [1.165, 1.54) is 21.2 Å². The SMILES string of the molecule is CCNC(c1cscc1Br)c1ccncc1CC. The predicted octanol–water partition coefficient (Wildman–Crippen LogP) is 4.17. The van der Waals surface area contributed by atoms with E-state index in [9.17, 15) is 0 Å². The van der Waals surface area contributed by atoms with Gasteiger partial charge in [0.05, 0.1) is 6.04 Å². The molecule has 0 aliphatic rings. The third-order valence-corrected chi connectivity index (χ3v) is 4.75. The van der Waals surface area contributed by atoms with Gasteiger partial charge >= 0.3 is 0 Å². The third kappa shape index (κ3) is 2.82. The summed E-state index contributed by atoms with van der Waals surface area (Å²) in [6.45, 7) is 5.25. The van der Waals surface area contributed by atoms with Crippen molar-refractivity contribution in [2.75, 3.05) is 6.54 Å². The van der Waals surface area contributed by atoms with Crippen LogP contribution in [-0.4, -0.2) is 11.5 Å². The smallest absolute Gasteiger partial charge is 0.0599 e. The Kier molecular flexibility index (Phi) is 4.92. The zero-order valence-corrected chi connectivity index (χ0v) is 13.0. The second-order valence-electron chi connectivity index (χ2n) is 4.09. The summed E-state index contributed by atoms with van der Waals surface area (Å²) in [5.41, 5.74) is 3.94. The fraction of sp³-hybridized carbons (Fsp3) is 0.357. The number of aromatic nitrogens is 1. The number of hydrogen-bond acceptors (Lipinski definition) is 3. The first kappa shape index (κ1) is 13.7. The van der Waals surface area contributed by atoms with E-state index < -0.39 is 0 Å². The van der Waals surface area contributed by atoms with Crippen LogP contribution < -0.4 is 5.32 Å². The average molecular weight is 325 g/mol. The lowest BCUT2D eigenvalue weighted by molar-refractivity contribution is 0.624. The van der Waals surface area contributed by atoms with Crippen LogP contribution >= 0.6 is 27.3 Å². The monoisotopic (exact) mass is 324 g/mol. The third-order valence-electron chi connectivity index (χ3n) is 2.99. The van der Waals surface area contributed by atoms with Crippen molar-refractivity contribution in [3.8, 4) is 0 Å². The summed E-state index contributed by atoms with van der Waals surface area (Å²) in [5.74, 6) is 0. The zero-order chi connectivity index (χ0) is 13.0. The molecule has 0 saturated carbocycles. The summed E-state index contributed by atoms with van der Waals surface area (Å²) in [7, 11) is 0. The first-order valence-electron chi connectivity index (χ1n) is 6.15. The Morgan fingerprint density at radius 3 is 2.78 bits per heavy atom. The second-order valence-corrected chi connectivity index (χ2v) is 5.69. The van der Waals surface area contributed by atoms with Gasteiger partial charge in [-0.15, -0.1) is 0 Å². The van der Waals surface area contributed by atoms with E-state index in [1.54, 1.807) is 11.3 Å². The highest BCUT2D eigenvalue weighted by Gasteiger charge is 2.18. The molecule has 0 saturated heterocycles. The van der Waals surface area contributed by atoms with E-state index in [-0.39, 0.29) is 6.04 Å². The predicted molar refractivity (Wildman–Crippen MR) is 81.2 cm³/mol. The van der Waals surface area contributed by atoms with Gasteiger partial charge in [-0.05, 0) is 57.0 Å². The largest absolute Gasteiger partial charge is 0.306 e. The van der Waals surface area contributed by atoms with Crippen molar-refractivity contribution in [1.82, 2.24) is 10.3 Å². The number of rotatable bonds is 5. The van der Waals surface area contributed by atoms with Crippen LogP contribution in [0.15, 0.2) is 33.7 Å². The maximum atomic E-state index is 4.23. The van der Waals surface area contributed by atoms with Crippen molar-refractivity contribution in [3.63, 3.8) is 0 Å². The highest BCUT2D eigenvalue weighted by Crippen LogP contribution is 2.32. The topological polar surface area (TPSA) is 24.9 Å². The summed E-state index contributed by atoms with van der Waals surface area (Å²) in [4.78, 5) is 4.23. The Morgan fingerprint density at radius 2 is 2.17 bits per heavy atom. The lowest BCUT2D eigenvalue weighted by Gasteiger charge is -2.20. The Labute approximate surface area is 121 Å². The van der Waals surface area contributed by atoms with Gasteiger partial charge in [-0.3, -0.25) is 4.98 Å². The molecule has 18 heavy (non-hydrogen) atoms. The van der Waals surface area contributed by atoms with Gasteiger partial charge in [0.2, 0.25) is 0 Å². The summed E-state index contributed by atoms with van der Waals surface area (Å²) in [6, 6.07) is 2.37. The molecule has 0 spiro atoms. The molecule has 0 amide bonds. The number of pyridine rings is 1. The van der Waals surface area contributed by atoms with Crippen molar-refractivity contribution in [2.45, 2.75) is 26.3 Å². The van der Waals surface area contributed by atoms with Crippen molar-refractivity contribution in [3.05, 3.63) is 50.4 Å². The van der Waals surface area contributed by atoms with E-state index in [1.807, 2.05) is 12.4 Å². The lowest BCUT2D eigenvalue weighted by Crippen LogP contribution is -2.23. The molecule has 2 nitrogen and oxygen atoms in total. The normalized spacial score (nSPS) is 12.6. The first-order chi connectivity index (χ1) is 8.77. The Hall–Kier alpha value is -0.710. The zero-order valence-electron chi connectivity index (χ0n) is 10.6. The van der Waals surface area contributed by atoms with Crippen LogP contribution in [0.2, 0.25) is 0 Å². The summed E-state index contributed by atoms with van der Waals surface area (Å²) in [5, 5.41) is 7.90. The van der Waals surface area contributed by atoms with Crippen LogP contribution in [0.5, 0.6) is 0 Å². The van der Waals surface area contributed by atoms with Crippen LogP contribution in [0.1, 0.15) is 36.6 Å². The maximum absolute atomic E-state index is 4.23. The highest BCUT2D eigenvalue weighted by molar-refractivity contribution is 9.10. The molecule has 2 heterocycles. The van der Waals surface area contributed by atoms with Gasteiger partial charge in [-0.2, -0.15) is 11.3 Å². The number of nitrogens with zero attached hydrogens (tertiary/aromatic N) is 1. The lowest BCUT2D eigenvalue weighted by atomic mass is 9.96. The van der Waals surface area contributed by atoms with Crippen LogP contribution in [0.25, 0.3) is 0 Å². The molecule has 0 aromatic carbocycles. The van der Waals surface area contributed by atoms with Crippen LogP contribution in [-0.2, 0) is 6.42 Å². The minimum Gasteiger partial charge on any atom is -0.306 e. The molecule has 0 bridgehead atoms. The summed E-state index contributed by atoms with van der Waals surface area (Å²) in [6.07, 6.45) is 4.85. The fourth-order valence-electron chi connectivity index (χ4n) is 2.10. The molecule has 4 heteroatoms. The van der Waals surface area contributed by atoms with E-state index >= 15 is 0 Å². The Bertz CT molecular complexity index is 510. The van der Waals surface area contributed by atoms with Gasteiger partial charge in [0.1, 0.15) is 0 Å². The van der Waals surface area contributed by atoms with Gasteiger partial charge in [0, 0.05) is 22.2 Å². The minimum atomic E-state index is 0.244. The molecule has 2 rings (SSSR count). The van der Waals surface area contributed by atoms with Crippen molar-refractivity contribution in [2.24, 2.45) is 0 Å². The number of nitrogens with one attached hydrogen (secondary N) is 1. The molecule has 1 N–H and O–H groups in total. The van der Waals surface area contributed by atoms with Gasteiger partial charge in [-0.25, -0.2) is 0 Å². The molecule has 0 fully saturated rings. The van der Waals surface area contributed by atoms with Crippen molar-refractivity contribution < 1.29 is 0 Å². The molecular formula is C14H17BrN2S. The Morgan fingerprint density at radius 1 is 1.33 bits per heavy atom. The number of halogens is 1. The summed E-state index contributed by atoms with van der Waals surface area (Å²) >= 11 is 5.36. The van der Waals surface area contributed by atoms with Crippen molar-refractivity contribution in [1.29, 1.82) is 0 Å². The van der Waals surface area contributed by atoms with Crippen molar-refractivity contribution >= 4 is 27.3 Å². The quantitative estimate of drug-likeness (QED) is 0.892. The number of aryl methyl sites for hydroxylation is 1. The minimum absolute atomic E-state index is 0.244. The van der Waals surface area contributed by atoms with E-state index in [2.05, 4.69) is 56.9 Å². The average Bonchev–Trinajstić information content (AvgIpc) is 2.82. The fourth-order valence-corrected chi connectivity index (χ4v) is 3.66. The molecule has 0 aliphatic heterocycles. The van der Waals surface area contributed by atoms with E-state index in [0.29, 0.717) is 0 Å². The van der Waals surface area contributed by atoms with Gasteiger partial charge < -0.3 is 5.32 Å². The standard InChI is InChI=1S/C14H17BrN2S/c1-3-10-7-16-6-5-11(10)14(17-4-2)12-8-18-9-13(12)15/h5-9,14,17H,3-4H2,1-2H3. The maximum Gasteiger partial charge on any atom is 0.0599 e. The highest BCUT2D eigenvalue weighted by atomic mass is 79.9. The molecule has 1 unspecified atom stereocenters. The van der Waals surface area contributed by atoms with Gasteiger partial charge in [-0.1, -0.05) is 13.8 Å². The molecule has 2 aromatic heterocycles. The Balaban J connectivity index is 2.45. The number of thiophene rings is 1. The molecule has 96 valence electrons. The molecule has 0 aliphatic carbocycles.